The Labute approximate surface area is 304 Å². The number of hydrogen-bond donors (Lipinski definition) is 0. The van der Waals surface area contributed by atoms with Gasteiger partial charge in [0.05, 0.1) is 0 Å². The van der Waals surface area contributed by atoms with E-state index in [0.29, 0.717) is 34.9 Å². The predicted octanol–water partition coefficient (Wildman–Crippen LogP) is 13.4. The highest BCUT2D eigenvalue weighted by atomic mass is 16.1. The molecule has 276 valence electrons. The first-order chi connectivity index (χ1) is 23.5. The van der Waals surface area contributed by atoms with E-state index >= 15 is 0 Å². The number of unbranched alkanes of at least 4 members (excludes halogenated alkanes) is 7. The Balaban J connectivity index is 1.37. The second-order valence-electron chi connectivity index (χ2n) is 17.2. The molecule has 6 atom stereocenters. The zero-order valence-corrected chi connectivity index (χ0v) is 33.3. The van der Waals surface area contributed by atoms with Gasteiger partial charge < -0.3 is 4.90 Å². The highest BCUT2D eigenvalue weighted by Gasteiger charge is 2.50. The van der Waals surface area contributed by atoms with Gasteiger partial charge in [0.1, 0.15) is 5.78 Å². The third kappa shape index (κ3) is 14.0. The van der Waals surface area contributed by atoms with Gasteiger partial charge >= 0.3 is 0 Å². The Morgan fingerprint density at radius 2 is 1.55 bits per heavy atom. The molecule has 49 heavy (non-hydrogen) atoms. The number of allylic oxidation sites excluding steroid dienone is 11. The van der Waals surface area contributed by atoms with Gasteiger partial charge in [-0.25, -0.2) is 0 Å². The van der Waals surface area contributed by atoms with E-state index in [1.54, 1.807) is 5.57 Å². The van der Waals surface area contributed by atoms with Crippen LogP contribution in [0.5, 0.6) is 0 Å². The summed E-state index contributed by atoms with van der Waals surface area (Å²) in [6.45, 7) is 17.7. The summed E-state index contributed by atoms with van der Waals surface area (Å²) in [4.78, 5) is 15.5. The summed E-state index contributed by atoms with van der Waals surface area (Å²) in [5.41, 5.74) is 4.69. The molecular formula is C47H77NO. The fourth-order valence-corrected chi connectivity index (χ4v) is 9.03. The van der Waals surface area contributed by atoms with Crippen LogP contribution in [0.4, 0.5) is 0 Å². The van der Waals surface area contributed by atoms with Crippen molar-refractivity contribution in [3.63, 3.8) is 0 Å². The number of ketones is 1. The maximum absolute atomic E-state index is 13.2. The van der Waals surface area contributed by atoms with Crippen molar-refractivity contribution in [3.05, 3.63) is 71.9 Å². The minimum atomic E-state index is 0.192. The molecule has 0 aromatic rings. The summed E-state index contributed by atoms with van der Waals surface area (Å²) >= 11 is 0. The molecule has 0 heterocycles. The van der Waals surface area contributed by atoms with Gasteiger partial charge in [-0.3, -0.25) is 4.79 Å². The predicted molar refractivity (Wildman–Crippen MR) is 216 cm³/mol. The van der Waals surface area contributed by atoms with E-state index in [4.69, 9.17) is 0 Å². The van der Waals surface area contributed by atoms with Crippen LogP contribution in [0, 0.1) is 40.9 Å². The van der Waals surface area contributed by atoms with Crippen molar-refractivity contribution in [2.75, 3.05) is 20.6 Å². The van der Waals surface area contributed by atoms with Gasteiger partial charge in [0.15, 0.2) is 0 Å². The summed E-state index contributed by atoms with van der Waals surface area (Å²) in [5, 5.41) is 0. The van der Waals surface area contributed by atoms with Crippen LogP contribution in [0.25, 0.3) is 0 Å². The van der Waals surface area contributed by atoms with Gasteiger partial charge in [-0.1, -0.05) is 120 Å². The lowest BCUT2D eigenvalue weighted by atomic mass is 9.61. The number of hydrogen-bond acceptors (Lipinski definition) is 2. The fraction of sp³-hybridized carbons (Fsp3) is 0.723. The van der Waals surface area contributed by atoms with E-state index in [1.807, 2.05) is 0 Å². The Morgan fingerprint density at radius 3 is 2.24 bits per heavy atom. The van der Waals surface area contributed by atoms with E-state index in [2.05, 4.69) is 109 Å². The molecule has 0 spiro atoms. The van der Waals surface area contributed by atoms with Crippen LogP contribution in [0.2, 0.25) is 0 Å². The zero-order chi connectivity index (χ0) is 35.6. The van der Waals surface area contributed by atoms with Crippen molar-refractivity contribution in [2.45, 2.75) is 157 Å². The monoisotopic (exact) mass is 672 g/mol. The second-order valence-corrected chi connectivity index (χ2v) is 17.2. The quantitative estimate of drug-likeness (QED) is 0.0894. The lowest BCUT2D eigenvalue weighted by molar-refractivity contribution is -0.123. The van der Waals surface area contributed by atoms with Crippen molar-refractivity contribution >= 4 is 5.78 Å². The van der Waals surface area contributed by atoms with Gasteiger partial charge in [-0.2, -0.15) is 0 Å². The van der Waals surface area contributed by atoms with Gasteiger partial charge in [0.2, 0.25) is 0 Å². The van der Waals surface area contributed by atoms with E-state index in [1.165, 1.54) is 94.7 Å². The Kier molecular flexibility index (Phi) is 18.7. The highest BCUT2D eigenvalue weighted by molar-refractivity contribution is 5.81. The topological polar surface area (TPSA) is 20.3 Å². The third-order valence-corrected chi connectivity index (χ3v) is 12.7. The summed E-state index contributed by atoms with van der Waals surface area (Å²) in [5.74, 6) is 4.17. The standard InChI is InChI=1S/C47H77NO/c1-37(2)38(3)26-27-40(5)44-32-33-45-41(24-23-34-47(44,45)6)30-31-42-36-43(29-28-39(42)4)46(49)25-21-19-17-15-13-11-9-10-12-14-16-18-20-22-35-48(7)8/h9,11-12,14,26-27,30-31,37-38,40,43-45H,4,10,13,15-25,28-29,32-36H2,1-3,5-8H3/b11-9-,14-12-,27-26+,41-30+,42-31+/t38-,40+,43-,44+,45?,47+/m0/s1. The highest BCUT2D eigenvalue weighted by Crippen LogP contribution is 2.59. The average molecular weight is 672 g/mol. The molecule has 0 saturated heterocycles. The van der Waals surface area contributed by atoms with Gasteiger partial charge in [0, 0.05) is 12.3 Å². The maximum Gasteiger partial charge on any atom is 0.136 e. The molecule has 0 aromatic heterocycles. The number of Topliss-reactive ketones (excluding diaryl/α,β-unsaturated/α-hetero) is 1. The molecule has 3 saturated carbocycles. The molecule has 0 amide bonds. The minimum absolute atomic E-state index is 0.192. The molecule has 3 aliphatic rings. The molecule has 3 rings (SSSR count). The molecular weight excluding hydrogens is 595 g/mol. The van der Waals surface area contributed by atoms with Crippen molar-refractivity contribution in [1.29, 1.82) is 0 Å². The lowest BCUT2D eigenvalue weighted by Crippen LogP contribution is -2.35. The summed E-state index contributed by atoms with van der Waals surface area (Å²) < 4.78 is 0. The van der Waals surface area contributed by atoms with Crippen molar-refractivity contribution in [1.82, 2.24) is 4.90 Å². The lowest BCUT2D eigenvalue weighted by Gasteiger charge is -2.44. The number of carbonyl (C=O) groups excluding carboxylic acids is 1. The molecule has 3 aliphatic carbocycles. The molecule has 0 aliphatic heterocycles. The first-order valence-corrected chi connectivity index (χ1v) is 20.8. The summed E-state index contributed by atoms with van der Waals surface area (Å²) in [6.07, 6.45) is 41.5. The summed E-state index contributed by atoms with van der Waals surface area (Å²) in [7, 11) is 4.30. The largest absolute Gasteiger partial charge is 0.309 e. The number of nitrogens with zero attached hydrogens (tertiary/aromatic N) is 1. The molecule has 2 heteroatoms. The molecule has 2 nitrogen and oxygen atoms in total. The molecule has 1 unspecified atom stereocenters. The maximum atomic E-state index is 13.2. The van der Waals surface area contributed by atoms with Gasteiger partial charge in [-0.05, 0) is 158 Å². The van der Waals surface area contributed by atoms with Crippen LogP contribution in [-0.2, 0) is 4.79 Å². The van der Waals surface area contributed by atoms with Gasteiger partial charge in [0.25, 0.3) is 0 Å². The van der Waals surface area contributed by atoms with E-state index in [0.717, 1.165) is 50.9 Å². The van der Waals surface area contributed by atoms with E-state index < -0.39 is 0 Å². The average Bonchev–Trinajstić information content (AvgIpc) is 3.43. The van der Waals surface area contributed by atoms with Crippen LogP contribution in [-0.4, -0.2) is 31.3 Å². The van der Waals surface area contributed by atoms with Crippen LogP contribution < -0.4 is 0 Å². The third-order valence-electron chi connectivity index (χ3n) is 12.7. The first kappa shape index (κ1) is 41.5. The van der Waals surface area contributed by atoms with Crippen molar-refractivity contribution in [2.24, 2.45) is 40.9 Å². The second kappa shape index (κ2) is 22.1. The summed E-state index contributed by atoms with van der Waals surface area (Å²) in [6, 6.07) is 0. The number of carbonyl (C=O) groups is 1. The van der Waals surface area contributed by atoms with Crippen molar-refractivity contribution in [3.8, 4) is 0 Å². The van der Waals surface area contributed by atoms with Crippen molar-refractivity contribution < 1.29 is 4.79 Å². The molecule has 0 N–H and O–H groups in total. The van der Waals surface area contributed by atoms with E-state index in [-0.39, 0.29) is 5.92 Å². The van der Waals surface area contributed by atoms with Crippen LogP contribution >= 0.6 is 0 Å². The Morgan fingerprint density at radius 1 is 0.857 bits per heavy atom. The molecule has 3 fully saturated rings. The Hall–Kier alpha value is -1.93. The van der Waals surface area contributed by atoms with E-state index in [9.17, 15) is 4.79 Å². The van der Waals surface area contributed by atoms with Crippen LogP contribution in [0.3, 0.4) is 0 Å². The first-order valence-electron chi connectivity index (χ1n) is 20.8. The molecule has 0 radical (unpaired) electrons. The smallest absolute Gasteiger partial charge is 0.136 e. The minimum Gasteiger partial charge on any atom is -0.309 e. The SMILES string of the molecule is C=C1CC[C@H](C(=O)CCCCCC/C=C\C/C=C\CCCCCN(C)C)C/C1=C\C=C1/CCC[C@@]2(C)C1CC[C@@H]2[C@H](C)/C=C/[C@H](C)C(C)C. The van der Waals surface area contributed by atoms with Gasteiger partial charge in [-0.15, -0.1) is 0 Å². The normalized spacial score (nSPS) is 27.9. The molecule has 0 aromatic carbocycles. The Bertz CT molecular complexity index is 1150. The zero-order valence-electron chi connectivity index (χ0n) is 33.3. The molecule has 0 bridgehead atoms. The van der Waals surface area contributed by atoms with Crippen LogP contribution in [0.15, 0.2) is 71.9 Å². The number of fused-ring (bicyclic) bond motifs is 1. The van der Waals surface area contributed by atoms with Crippen LogP contribution in [0.1, 0.15) is 157 Å². The number of rotatable bonds is 21. The fourth-order valence-electron chi connectivity index (χ4n) is 9.03.